The van der Waals surface area contributed by atoms with Gasteiger partial charge in [0.25, 0.3) is 0 Å². The molecule has 0 saturated heterocycles. The van der Waals surface area contributed by atoms with E-state index in [1.165, 1.54) is 102 Å². The number of hydrogen-bond donors (Lipinski definition) is 0. The van der Waals surface area contributed by atoms with Crippen molar-refractivity contribution in [3.63, 3.8) is 0 Å². The highest BCUT2D eigenvalue weighted by atomic mass is 32.1. The lowest BCUT2D eigenvalue weighted by Gasteiger charge is -2.03. The van der Waals surface area contributed by atoms with Crippen molar-refractivity contribution in [2.75, 3.05) is 0 Å². The average molecular weight is 366 g/mol. The smallest absolute Gasteiger partial charge is 0.243 e. The molecule has 1 aromatic heterocycles. The van der Waals surface area contributed by atoms with Gasteiger partial charge in [-0.05, 0) is 12.8 Å². The van der Waals surface area contributed by atoms with Crippen LogP contribution in [0.5, 0.6) is 0 Å². The van der Waals surface area contributed by atoms with Crippen LogP contribution in [-0.4, -0.2) is 4.57 Å². The first-order valence-electron chi connectivity index (χ1n) is 10.3. The maximum absolute atomic E-state index is 7.13. The minimum Gasteiger partial charge on any atom is -0.696 e. The zero-order valence-corrected chi connectivity index (χ0v) is 17.4. The average Bonchev–Trinajstić information content (AvgIpc) is 3.01. The van der Waals surface area contributed by atoms with Crippen LogP contribution < -0.4 is 4.57 Å². The van der Waals surface area contributed by atoms with Gasteiger partial charge in [0.2, 0.25) is 6.33 Å². The van der Waals surface area contributed by atoms with E-state index in [0.717, 1.165) is 0 Å². The lowest BCUT2D eigenvalue weighted by atomic mass is 10.0. The van der Waals surface area contributed by atoms with Crippen LogP contribution in [0.15, 0.2) is 18.7 Å². The molecule has 1 rings (SSSR count). The first-order valence-corrected chi connectivity index (χ1v) is 10.7. The zero-order chi connectivity index (χ0) is 18.6. The zero-order valence-electron chi connectivity index (χ0n) is 16.6. The molecule has 0 aliphatic heterocycles. The Morgan fingerprint density at radius 1 is 0.840 bits per heavy atom. The number of imidazole rings is 1. The summed E-state index contributed by atoms with van der Waals surface area (Å²) in [6.07, 6.45) is 26.5. The van der Waals surface area contributed by atoms with Crippen LogP contribution in [0.25, 0.3) is 0 Å². The van der Waals surface area contributed by atoms with Gasteiger partial charge in [-0.25, -0.2) is 14.4 Å². The lowest BCUT2D eigenvalue weighted by molar-refractivity contribution is -0.671. The number of thiocyanates is 1. The summed E-state index contributed by atoms with van der Waals surface area (Å²) in [6.45, 7) is 3.47. The molecule has 0 radical (unpaired) electrons. The monoisotopic (exact) mass is 365 g/mol. The molecule has 0 aromatic carbocycles. The molecule has 4 heteroatoms. The summed E-state index contributed by atoms with van der Waals surface area (Å²) >= 11 is 3.70. The summed E-state index contributed by atoms with van der Waals surface area (Å²) in [7, 11) is 2.09. The van der Waals surface area contributed by atoms with Gasteiger partial charge >= 0.3 is 0 Å². The Morgan fingerprint density at radius 3 is 1.60 bits per heavy atom. The van der Waals surface area contributed by atoms with Gasteiger partial charge in [0, 0.05) is 0 Å². The van der Waals surface area contributed by atoms with E-state index in [4.69, 9.17) is 5.26 Å². The number of hydrogen-bond acceptors (Lipinski definition) is 2. The maximum atomic E-state index is 7.13. The highest BCUT2D eigenvalue weighted by Crippen LogP contribution is 2.13. The van der Waals surface area contributed by atoms with Crippen molar-refractivity contribution in [2.24, 2.45) is 7.05 Å². The van der Waals surface area contributed by atoms with E-state index in [-0.39, 0.29) is 0 Å². The molecule has 0 bridgehead atoms. The molecule has 0 atom stereocenters. The Kier molecular flexibility index (Phi) is 18.4. The maximum Gasteiger partial charge on any atom is 0.243 e. The fraction of sp³-hybridized carbons (Fsp3) is 0.810. The molecule has 25 heavy (non-hydrogen) atoms. The van der Waals surface area contributed by atoms with E-state index < -0.39 is 0 Å². The van der Waals surface area contributed by atoms with E-state index in [9.17, 15) is 0 Å². The Morgan fingerprint density at radius 2 is 1.24 bits per heavy atom. The summed E-state index contributed by atoms with van der Waals surface area (Å²) in [5.74, 6) is 0. The van der Waals surface area contributed by atoms with E-state index in [1.807, 2.05) is 0 Å². The molecule has 1 aromatic rings. The van der Waals surface area contributed by atoms with Crippen molar-refractivity contribution in [1.29, 1.82) is 5.26 Å². The normalized spacial score (nSPS) is 10.1. The number of unbranched alkanes of at least 4 members (excludes halogenated alkanes) is 13. The number of rotatable bonds is 15. The van der Waals surface area contributed by atoms with Gasteiger partial charge in [0.15, 0.2) is 0 Å². The molecule has 0 amide bonds. The molecule has 0 unspecified atom stereocenters. The summed E-state index contributed by atoms with van der Waals surface area (Å²) in [4.78, 5) is 0. The van der Waals surface area contributed by atoms with E-state index in [2.05, 4.69) is 54.5 Å². The van der Waals surface area contributed by atoms with Crippen molar-refractivity contribution >= 4 is 12.6 Å². The molecule has 144 valence electrons. The highest BCUT2D eigenvalue weighted by molar-refractivity contribution is 7.64. The fourth-order valence-electron chi connectivity index (χ4n) is 3.12. The quantitative estimate of drug-likeness (QED) is 0.170. The van der Waals surface area contributed by atoms with Crippen LogP contribution in [0.3, 0.4) is 0 Å². The van der Waals surface area contributed by atoms with E-state index >= 15 is 0 Å². The molecule has 0 aliphatic rings. The first kappa shape index (κ1) is 23.9. The highest BCUT2D eigenvalue weighted by Gasteiger charge is 1.99. The van der Waals surface area contributed by atoms with Gasteiger partial charge < -0.3 is 12.6 Å². The molecule has 3 nitrogen and oxygen atoms in total. The topological polar surface area (TPSA) is 32.6 Å². The molecule has 0 aliphatic carbocycles. The molecular formula is C21H39N3S. The first-order chi connectivity index (χ1) is 12.2. The van der Waals surface area contributed by atoms with Crippen LogP contribution in [0.4, 0.5) is 0 Å². The number of aryl methyl sites for hydroxylation is 2. The van der Waals surface area contributed by atoms with E-state index in [1.54, 1.807) is 0 Å². The van der Waals surface area contributed by atoms with Crippen molar-refractivity contribution in [3.05, 3.63) is 18.7 Å². The van der Waals surface area contributed by atoms with Crippen LogP contribution in [0.2, 0.25) is 0 Å². The molecule has 0 saturated carbocycles. The number of aromatic nitrogens is 2. The Bertz CT molecular complexity index is 423. The third-order valence-electron chi connectivity index (χ3n) is 4.59. The largest absolute Gasteiger partial charge is 0.696 e. The molecule has 0 fully saturated rings. The predicted molar refractivity (Wildman–Crippen MR) is 109 cm³/mol. The summed E-state index contributed by atoms with van der Waals surface area (Å²) in [5, 5.41) is 8.47. The number of nitriles is 1. The Hall–Kier alpha value is -1.08. The summed E-state index contributed by atoms with van der Waals surface area (Å²) in [5.41, 5.74) is 0. The standard InChI is InChI=1S/C20H39N2.CHNS/c1-3-4-5-6-7-8-9-10-11-12-13-14-15-16-17-22-19-18-21(2)20-22;2-1-3/h18-20H,3-17H2,1-2H3;3H/q+1;/p-1. The minimum atomic E-state index is 1.18. The second kappa shape index (κ2) is 19.2. The molecule has 0 spiro atoms. The lowest BCUT2D eigenvalue weighted by Crippen LogP contribution is -2.23. The fourth-order valence-corrected chi connectivity index (χ4v) is 3.12. The number of nitrogens with zero attached hydrogens (tertiary/aromatic N) is 3. The second-order valence-corrected chi connectivity index (χ2v) is 7.19. The Labute approximate surface area is 161 Å². The minimum absolute atomic E-state index is 1.18. The van der Waals surface area contributed by atoms with Crippen molar-refractivity contribution in [2.45, 2.75) is 103 Å². The van der Waals surface area contributed by atoms with Gasteiger partial charge in [0.1, 0.15) is 12.4 Å². The molecule has 0 N–H and O–H groups in total. The SMILES string of the molecule is CCCCCCCCCCCCCCCCn1cc[n+](C)c1.N#C[S-]. The predicted octanol–water partition coefficient (Wildman–Crippen LogP) is 5.81. The van der Waals surface area contributed by atoms with Crippen molar-refractivity contribution < 1.29 is 4.57 Å². The van der Waals surface area contributed by atoms with E-state index in [0.29, 0.717) is 0 Å². The van der Waals surface area contributed by atoms with Gasteiger partial charge in [-0.3, -0.25) is 0 Å². The molecular weight excluding hydrogens is 326 g/mol. The summed E-state index contributed by atoms with van der Waals surface area (Å²) in [6, 6.07) is 0. The van der Waals surface area contributed by atoms with Gasteiger partial charge in [-0.1, -0.05) is 89.4 Å². The van der Waals surface area contributed by atoms with Gasteiger partial charge in [0.05, 0.1) is 13.6 Å². The van der Waals surface area contributed by atoms with Crippen molar-refractivity contribution in [3.8, 4) is 5.40 Å². The van der Waals surface area contributed by atoms with Crippen molar-refractivity contribution in [1.82, 2.24) is 4.57 Å². The van der Waals surface area contributed by atoms with Crippen LogP contribution in [0, 0.1) is 10.7 Å². The van der Waals surface area contributed by atoms with Gasteiger partial charge in [-0.15, -0.1) is 0 Å². The van der Waals surface area contributed by atoms with Crippen LogP contribution in [-0.2, 0) is 26.2 Å². The second-order valence-electron chi connectivity index (χ2n) is 7.00. The third-order valence-corrected chi connectivity index (χ3v) is 4.59. The van der Waals surface area contributed by atoms with Gasteiger partial charge in [-0.2, -0.15) is 0 Å². The Balaban J connectivity index is 0.00000178. The summed E-state index contributed by atoms with van der Waals surface area (Å²) < 4.78 is 4.41. The van der Waals surface area contributed by atoms with Crippen LogP contribution >= 0.6 is 0 Å². The van der Waals surface area contributed by atoms with Crippen LogP contribution in [0.1, 0.15) is 96.8 Å². The third kappa shape index (κ3) is 17.5. The molecule has 1 heterocycles.